The summed E-state index contributed by atoms with van der Waals surface area (Å²) in [7, 11) is -1.28. The van der Waals surface area contributed by atoms with Crippen LogP contribution >= 0.6 is 0 Å². The second-order valence-electron chi connectivity index (χ2n) is 8.61. The largest absolute Gasteiger partial charge is 1.00 e. The number of fused-ring (bicyclic) bond motifs is 3. The van der Waals surface area contributed by atoms with E-state index in [0.29, 0.717) is 0 Å². The van der Waals surface area contributed by atoms with Gasteiger partial charge in [-0.3, -0.25) is 0 Å². The van der Waals surface area contributed by atoms with Crippen LogP contribution in [-0.2, 0) is 24.7 Å². The van der Waals surface area contributed by atoms with Crippen molar-refractivity contribution in [3.63, 3.8) is 0 Å². The summed E-state index contributed by atoms with van der Waals surface area (Å²) in [5.74, 6) is 0. The molecule has 2 aromatic carbocycles. The minimum atomic E-state index is -1.28. The van der Waals surface area contributed by atoms with Gasteiger partial charge in [-0.1, -0.05) is 0 Å². The van der Waals surface area contributed by atoms with Crippen LogP contribution in [0.1, 0.15) is 54.8 Å². The molecule has 1 unspecified atom stereocenters. The standard InChI is InChI=1S/C25H27Si.2ClH.Zr/c1-2-3-16-26(17-9-18-26)25-23-13-7-6-12-21(23)22-15-8-14-20(24(22)25)19-10-4-5-11-19;;;/h4,6-8,10,12-15,25H,2-3,5,9,16-18H2,1H3;2*1H;/q;;;+2/p-2. The van der Waals surface area contributed by atoms with E-state index in [1.165, 1.54) is 30.9 Å². The van der Waals surface area contributed by atoms with Gasteiger partial charge in [0.15, 0.2) is 0 Å². The zero-order valence-corrected chi connectivity index (χ0v) is 21.9. The van der Waals surface area contributed by atoms with Crippen molar-refractivity contribution >= 4 is 13.6 Å². The van der Waals surface area contributed by atoms with Gasteiger partial charge in [-0.25, -0.2) is 0 Å². The van der Waals surface area contributed by atoms with Crippen LogP contribution in [0.5, 0.6) is 0 Å². The molecule has 0 bridgehead atoms. The Morgan fingerprint density at radius 1 is 0.966 bits per heavy atom. The van der Waals surface area contributed by atoms with Crippen LogP contribution in [0.4, 0.5) is 0 Å². The van der Waals surface area contributed by atoms with E-state index in [9.17, 15) is 0 Å². The number of allylic oxidation sites excluding steroid dienone is 4. The number of hydrogen-bond donors (Lipinski definition) is 0. The number of hydrogen-bond acceptors (Lipinski definition) is 0. The third-order valence-electron chi connectivity index (χ3n) is 7.17. The van der Waals surface area contributed by atoms with Gasteiger partial charge in [-0.2, -0.15) is 0 Å². The molecule has 1 heterocycles. The Kier molecular flexibility index (Phi) is 7.54. The summed E-state index contributed by atoms with van der Waals surface area (Å²) < 4.78 is 1.63. The molecule has 1 atom stereocenters. The average molecular weight is 518 g/mol. The van der Waals surface area contributed by atoms with Crippen LogP contribution < -0.4 is 24.8 Å². The molecule has 2 aliphatic carbocycles. The number of unbranched alkanes of at least 4 members (excludes halogenated alkanes) is 1. The zero-order valence-electron chi connectivity index (χ0n) is 17.0. The van der Waals surface area contributed by atoms with Crippen molar-refractivity contribution in [2.45, 2.75) is 56.3 Å². The molecule has 4 heteroatoms. The molecule has 0 N–H and O–H groups in total. The third-order valence-corrected chi connectivity index (χ3v) is 14.2. The van der Waals surface area contributed by atoms with Crippen LogP contribution in [0, 0.1) is 0 Å². The molecule has 1 aliphatic heterocycles. The molecular formula is C25H27Cl2SiZr. The van der Waals surface area contributed by atoms with E-state index in [0.717, 1.165) is 12.0 Å². The van der Waals surface area contributed by atoms with Gasteiger partial charge in [0, 0.05) is 0 Å². The summed E-state index contributed by atoms with van der Waals surface area (Å²) in [6.07, 6.45) is 10.2. The van der Waals surface area contributed by atoms with Gasteiger partial charge < -0.3 is 24.8 Å². The van der Waals surface area contributed by atoms with Crippen molar-refractivity contribution in [1.82, 2.24) is 0 Å². The summed E-state index contributed by atoms with van der Waals surface area (Å²) in [5.41, 5.74) is 10.3. The molecule has 29 heavy (non-hydrogen) atoms. The molecule has 3 aliphatic rings. The van der Waals surface area contributed by atoms with Gasteiger partial charge >= 0.3 is 180 Å². The minimum absolute atomic E-state index is 0. The fraction of sp³-hybridized carbons (Fsp3) is 0.360. The first kappa shape index (κ1) is 23.3. The third kappa shape index (κ3) is 3.73. The van der Waals surface area contributed by atoms with Crippen LogP contribution in [0.3, 0.4) is 0 Å². The Labute approximate surface area is 203 Å². The minimum Gasteiger partial charge on any atom is -1.00 e. The van der Waals surface area contributed by atoms with Crippen LogP contribution in [0.25, 0.3) is 16.7 Å². The molecule has 149 valence electrons. The number of halogens is 2. The second-order valence-corrected chi connectivity index (χ2v) is 14.9. The predicted octanol–water partition coefficient (Wildman–Crippen LogP) is 1.22. The SMILES string of the molecule is CCCC[Si]1(C2c3ccccc3-c3cccc(C4=[C]([Zr+2])CC=C4)c32)CCC1.[Cl-].[Cl-]. The van der Waals surface area contributed by atoms with Crippen molar-refractivity contribution in [2.24, 2.45) is 0 Å². The predicted molar refractivity (Wildman–Crippen MR) is 114 cm³/mol. The Bertz CT molecular complexity index is 959. The van der Waals surface area contributed by atoms with Crippen molar-refractivity contribution in [3.8, 4) is 11.1 Å². The maximum Gasteiger partial charge on any atom is -1.00 e. The van der Waals surface area contributed by atoms with E-state index in [1.807, 2.05) is 0 Å². The normalized spacial score (nSPS) is 20.4. The molecule has 0 nitrogen and oxygen atoms in total. The number of benzene rings is 2. The Balaban J connectivity index is 0.00000120. The van der Waals surface area contributed by atoms with Gasteiger partial charge in [-0.15, -0.1) is 0 Å². The van der Waals surface area contributed by atoms with E-state index >= 15 is 0 Å². The summed E-state index contributed by atoms with van der Waals surface area (Å²) in [4.78, 5) is 0. The Morgan fingerprint density at radius 2 is 1.69 bits per heavy atom. The van der Waals surface area contributed by atoms with E-state index < -0.39 is 8.07 Å². The summed E-state index contributed by atoms with van der Waals surface area (Å²) >= 11 is 1.58. The first-order valence-electron chi connectivity index (χ1n) is 10.6. The topological polar surface area (TPSA) is 0 Å². The fourth-order valence-corrected chi connectivity index (χ4v) is 12.1. The smallest absolute Gasteiger partial charge is 1.00 e. The molecular weight excluding hydrogens is 490 g/mol. The van der Waals surface area contributed by atoms with Crippen molar-refractivity contribution < 1.29 is 49.5 Å². The molecule has 2 aromatic rings. The first-order chi connectivity index (χ1) is 13.2. The van der Waals surface area contributed by atoms with Gasteiger partial charge in [0.1, 0.15) is 0 Å². The Morgan fingerprint density at radius 3 is 2.34 bits per heavy atom. The molecule has 1 fully saturated rings. The molecule has 0 radical (unpaired) electrons. The van der Waals surface area contributed by atoms with Crippen molar-refractivity contribution in [2.75, 3.05) is 0 Å². The molecule has 1 saturated heterocycles. The van der Waals surface area contributed by atoms with Gasteiger partial charge in [0.05, 0.1) is 0 Å². The van der Waals surface area contributed by atoms with E-state index in [-0.39, 0.29) is 24.8 Å². The Hall–Kier alpha value is -0.400. The fourth-order valence-electron chi connectivity index (χ4n) is 5.73. The van der Waals surface area contributed by atoms with E-state index in [2.05, 4.69) is 61.5 Å². The van der Waals surface area contributed by atoms with Crippen molar-refractivity contribution in [3.05, 3.63) is 74.6 Å². The quantitative estimate of drug-likeness (QED) is 0.524. The summed E-state index contributed by atoms with van der Waals surface area (Å²) in [5, 5.41) is 0. The summed E-state index contributed by atoms with van der Waals surface area (Å²) in [6.45, 7) is 2.36. The molecule has 0 amide bonds. The molecule has 0 spiro atoms. The van der Waals surface area contributed by atoms with Gasteiger partial charge in [0.2, 0.25) is 0 Å². The maximum absolute atomic E-state index is 2.46. The molecule has 0 aromatic heterocycles. The zero-order chi connectivity index (χ0) is 18.4. The molecule has 0 saturated carbocycles. The maximum atomic E-state index is 2.46. The van der Waals surface area contributed by atoms with Gasteiger partial charge in [-0.05, 0) is 0 Å². The average Bonchev–Trinajstić information content (AvgIpc) is 3.23. The monoisotopic (exact) mass is 515 g/mol. The first-order valence-corrected chi connectivity index (χ1v) is 14.5. The van der Waals surface area contributed by atoms with Crippen molar-refractivity contribution in [1.29, 1.82) is 0 Å². The van der Waals surface area contributed by atoms with Crippen LogP contribution in [0.2, 0.25) is 18.1 Å². The van der Waals surface area contributed by atoms with Crippen LogP contribution in [-0.4, -0.2) is 8.07 Å². The van der Waals surface area contributed by atoms with Crippen LogP contribution in [0.15, 0.2) is 57.9 Å². The van der Waals surface area contributed by atoms with E-state index in [1.54, 1.807) is 67.9 Å². The summed E-state index contributed by atoms with van der Waals surface area (Å²) in [6, 6.07) is 21.1. The second kappa shape index (κ2) is 9.39. The number of rotatable bonds is 5. The van der Waals surface area contributed by atoms with Gasteiger partial charge in [0.25, 0.3) is 0 Å². The molecule has 5 rings (SSSR count). The van der Waals surface area contributed by atoms with E-state index in [4.69, 9.17) is 0 Å².